The van der Waals surface area contributed by atoms with Gasteiger partial charge in [0, 0.05) is 30.9 Å². The highest BCUT2D eigenvalue weighted by atomic mass is 19.4. The largest absolute Gasteiger partial charge is 0.417 e. The van der Waals surface area contributed by atoms with Gasteiger partial charge in [0.1, 0.15) is 5.82 Å². The Morgan fingerprint density at radius 3 is 2.54 bits per heavy atom. The number of alkyl halides is 3. The first-order valence-corrected chi connectivity index (χ1v) is 8.07. The molecule has 0 aromatic carbocycles. The number of allylic oxidation sites excluding steroid dienone is 1. The summed E-state index contributed by atoms with van der Waals surface area (Å²) in [4.78, 5) is 17.8. The molecule has 132 valence electrons. The first kappa shape index (κ1) is 18.3. The molecule has 1 aromatic rings. The van der Waals surface area contributed by atoms with Crippen molar-refractivity contribution in [3.8, 4) is 0 Å². The van der Waals surface area contributed by atoms with Crippen molar-refractivity contribution in [3.63, 3.8) is 0 Å². The second-order valence-electron chi connectivity index (χ2n) is 5.93. The summed E-state index contributed by atoms with van der Waals surface area (Å²) in [5.74, 6) is 0.484. The number of halogens is 3. The minimum absolute atomic E-state index is 0.0528. The molecule has 0 bridgehead atoms. The van der Waals surface area contributed by atoms with E-state index in [1.807, 2.05) is 17.9 Å². The van der Waals surface area contributed by atoms with Gasteiger partial charge in [-0.15, -0.1) is 0 Å². The second-order valence-corrected chi connectivity index (χ2v) is 5.93. The number of nitrogens with zero attached hydrogens (tertiary/aromatic N) is 2. The number of carbonyl (C=O) groups is 1. The normalized spacial score (nSPS) is 17.0. The molecule has 0 atom stereocenters. The first-order valence-electron chi connectivity index (χ1n) is 8.07. The van der Waals surface area contributed by atoms with Crippen LogP contribution in [0, 0.1) is 0 Å². The average Bonchev–Trinajstić information content (AvgIpc) is 2.55. The molecule has 24 heavy (non-hydrogen) atoms. The van der Waals surface area contributed by atoms with Gasteiger partial charge in [0.2, 0.25) is 5.91 Å². The molecule has 1 aromatic heterocycles. The zero-order valence-corrected chi connectivity index (χ0v) is 13.9. The van der Waals surface area contributed by atoms with Gasteiger partial charge in [-0.25, -0.2) is 4.98 Å². The van der Waals surface area contributed by atoms with E-state index in [2.05, 4.69) is 10.3 Å². The van der Waals surface area contributed by atoms with E-state index in [9.17, 15) is 18.0 Å². The van der Waals surface area contributed by atoms with Crippen LogP contribution in [0.1, 0.15) is 38.7 Å². The lowest BCUT2D eigenvalue weighted by molar-refractivity contribution is -0.137. The molecule has 0 aliphatic carbocycles. The number of amides is 1. The second kappa shape index (κ2) is 7.68. The van der Waals surface area contributed by atoms with Crippen LogP contribution in [-0.2, 0) is 11.0 Å². The van der Waals surface area contributed by atoms with Gasteiger partial charge < -0.3 is 10.2 Å². The quantitative estimate of drug-likeness (QED) is 0.852. The van der Waals surface area contributed by atoms with Crippen molar-refractivity contribution in [3.05, 3.63) is 35.5 Å². The van der Waals surface area contributed by atoms with Crippen molar-refractivity contribution in [2.75, 3.05) is 18.0 Å². The molecule has 1 N–H and O–H groups in total. The Morgan fingerprint density at radius 2 is 2.04 bits per heavy atom. The molecule has 1 aliphatic heterocycles. The summed E-state index contributed by atoms with van der Waals surface area (Å²) in [6, 6.07) is 2.54. The van der Waals surface area contributed by atoms with E-state index >= 15 is 0 Å². The zero-order valence-electron chi connectivity index (χ0n) is 13.9. The molecule has 2 rings (SSSR count). The summed E-state index contributed by atoms with van der Waals surface area (Å²) >= 11 is 0. The van der Waals surface area contributed by atoms with Crippen LogP contribution in [0.25, 0.3) is 0 Å². The van der Waals surface area contributed by atoms with E-state index in [1.54, 1.807) is 6.92 Å². The van der Waals surface area contributed by atoms with Crippen LogP contribution >= 0.6 is 0 Å². The standard InChI is InChI=1S/C17H22F3N3O/c1-3-4-12(2)16(24)22-14-7-9-23(10-8-14)15-6-5-13(11-21-15)17(18,19)20/h4-6,11,14H,3,7-10H2,1-2H3,(H,22,24)/b12-4-. The summed E-state index contributed by atoms with van der Waals surface area (Å²) in [7, 11) is 0. The van der Waals surface area contributed by atoms with Gasteiger partial charge in [-0.3, -0.25) is 4.79 Å². The molecule has 0 spiro atoms. The fourth-order valence-electron chi connectivity index (χ4n) is 2.69. The van der Waals surface area contributed by atoms with Crippen LogP contribution in [0.5, 0.6) is 0 Å². The highest BCUT2D eigenvalue weighted by Crippen LogP contribution is 2.29. The van der Waals surface area contributed by atoms with Gasteiger partial charge >= 0.3 is 6.18 Å². The number of pyridine rings is 1. The van der Waals surface area contributed by atoms with Gasteiger partial charge in [-0.2, -0.15) is 13.2 Å². The first-order chi connectivity index (χ1) is 11.3. The predicted molar refractivity (Wildman–Crippen MR) is 86.7 cm³/mol. The summed E-state index contributed by atoms with van der Waals surface area (Å²) < 4.78 is 37.7. The molecule has 1 fully saturated rings. The number of hydrogen-bond donors (Lipinski definition) is 1. The molecule has 7 heteroatoms. The summed E-state index contributed by atoms with van der Waals surface area (Å²) in [5.41, 5.74) is -0.0316. The third-order valence-electron chi connectivity index (χ3n) is 4.10. The number of carbonyl (C=O) groups excluding carboxylic acids is 1. The molecule has 0 saturated carbocycles. The maximum Gasteiger partial charge on any atom is 0.417 e. The number of nitrogens with one attached hydrogen (secondary N) is 1. The topological polar surface area (TPSA) is 45.2 Å². The lowest BCUT2D eigenvalue weighted by Crippen LogP contribution is -2.45. The van der Waals surface area contributed by atoms with Crippen molar-refractivity contribution in [1.82, 2.24) is 10.3 Å². The summed E-state index contributed by atoms with van der Waals surface area (Å²) in [5, 5.41) is 3.00. The number of hydrogen-bond acceptors (Lipinski definition) is 3. The van der Waals surface area contributed by atoms with Crippen molar-refractivity contribution >= 4 is 11.7 Å². The van der Waals surface area contributed by atoms with Crippen LogP contribution in [0.15, 0.2) is 30.0 Å². The molecule has 1 saturated heterocycles. The van der Waals surface area contributed by atoms with Crippen LogP contribution in [0.2, 0.25) is 0 Å². The molecule has 4 nitrogen and oxygen atoms in total. The monoisotopic (exact) mass is 341 g/mol. The SMILES string of the molecule is CC/C=C(/C)C(=O)NC1CCN(c2ccc(C(F)(F)F)cn2)CC1. The Bertz CT molecular complexity index is 588. The van der Waals surface area contributed by atoms with Gasteiger partial charge in [0.15, 0.2) is 0 Å². The van der Waals surface area contributed by atoms with E-state index in [0.717, 1.165) is 31.5 Å². The van der Waals surface area contributed by atoms with Crippen LogP contribution in [0.3, 0.4) is 0 Å². The Labute approximate surface area is 139 Å². The van der Waals surface area contributed by atoms with E-state index < -0.39 is 11.7 Å². The van der Waals surface area contributed by atoms with Gasteiger partial charge in [0.05, 0.1) is 5.56 Å². The highest BCUT2D eigenvalue weighted by molar-refractivity contribution is 5.92. The Kier molecular flexibility index (Phi) is 5.85. The fourth-order valence-corrected chi connectivity index (χ4v) is 2.69. The maximum atomic E-state index is 12.6. The molecule has 1 amide bonds. The van der Waals surface area contributed by atoms with Crippen LogP contribution in [-0.4, -0.2) is 30.0 Å². The lowest BCUT2D eigenvalue weighted by Gasteiger charge is -2.33. The number of rotatable bonds is 4. The molecular weight excluding hydrogens is 319 g/mol. The van der Waals surface area contributed by atoms with Gasteiger partial charge in [-0.1, -0.05) is 13.0 Å². The highest BCUT2D eigenvalue weighted by Gasteiger charge is 2.31. The van der Waals surface area contributed by atoms with E-state index in [0.29, 0.717) is 24.5 Å². The molecule has 2 heterocycles. The molecule has 0 radical (unpaired) electrons. The van der Waals surface area contributed by atoms with Crippen molar-refractivity contribution in [1.29, 1.82) is 0 Å². The van der Waals surface area contributed by atoms with Crippen molar-refractivity contribution < 1.29 is 18.0 Å². The minimum atomic E-state index is -4.37. The van der Waals surface area contributed by atoms with E-state index in [4.69, 9.17) is 0 Å². The summed E-state index contributed by atoms with van der Waals surface area (Å²) in [6.07, 6.45) is 0.685. The number of aromatic nitrogens is 1. The number of anilines is 1. The van der Waals surface area contributed by atoms with Crippen LogP contribution in [0.4, 0.5) is 19.0 Å². The fraction of sp³-hybridized carbons (Fsp3) is 0.529. The Balaban J connectivity index is 1.89. The van der Waals surface area contributed by atoms with Crippen molar-refractivity contribution in [2.45, 2.75) is 45.3 Å². The Hall–Kier alpha value is -2.05. The van der Waals surface area contributed by atoms with Crippen molar-refractivity contribution in [2.24, 2.45) is 0 Å². The molecular formula is C17H22F3N3O. The Morgan fingerprint density at radius 1 is 1.38 bits per heavy atom. The zero-order chi connectivity index (χ0) is 17.7. The summed E-state index contributed by atoms with van der Waals surface area (Å²) in [6.45, 7) is 5.08. The third-order valence-corrected chi connectivity index (χ3v) is 4.10. The van der Waals surface area contributed by atoms with Gasteiger partial charge in [0.25, 0.3) is 0 Å². The molecule has 1 aliphatic rings. The predicted octanol–water partition coefficient (Wildman–Crippen LogP) is 3.54. The number of piperidine rings is 1. The van der Waals surface area contributed by atoms with Gasteiger partial charge in [-0.05, 0) is 38.3 Å². The molecule has 0 unspecified atom stereocenters. The van der Waals surface area contributed by atoms with Crippen LogP contribution < -0.4 is 10.2 Å². The third kappa shape index (κ3) is 4.72. The lowest BCUT2D eigenvalue weighted by atomic mass is 10.0. The minimum Gasteiger partial charge on any atom is -0.356 e. The van der Waals surface area contributed by atoms with E-state index in [1.165, 1.54) is 6.07 Å². The smallest absolute Gasteiger partial charge is 0.356 e. The average molecular weight is 341 g/mol. The van der Waals surface area contributed by atoms with E-state index in [-0.39, 0.29) is 11.9 Å². The maximum absolute atomic E-state index is 12.6.